The summed E-state index contributed by atoms with van der Waals surface area (Å²) in [6, 6.07) is 1.86. The lowest BCUT2D eigenvalue weighted by molar-refractivity contribution is 0.0708. The van der Waals surface area contributed by atoms with Crippen molar-refractivity contribution in [3.63, 3.8) is 0 Å². The highest BCUT2D eigenvalue weighted by molar-refractivity contribution is 5.93. The molecule has 1 aliphatic carbocycles. The summed E-state index contributed by atoms with van der Waals surface area (Å²) < 4.78 is 1.74. The Morgan fingerprint density at radius 3 is 2.67 bits per heavy atom. The van der Waals surface area contributed by atoms with Crippen LogP contribution in [0.1, 0.15) is 62.6 Å². The van der Waals surface area contributed by atoms with Crippen molar-refractivity contribution in [3.8, 4) is 0 Å². The fourth-order valence-corrected chi connectivity index (χ4v) is 3.01. The van der Waals surface area contributed by atoms with Crippen LogP contribution in [0.15, 0.2) is 6.07 Å². The molecule has 0 aromatic carbocycles. The number of amides is 1. The van der Waals surface area contributed by atoms with E-state index in [0.29, 0.717) is 18.2 Å². The largest absolute Gasteiger partial charge is 0.394 e. The summed E-state index contributed by atoms with van der Waals surface area (Å²) in [5, 5.41) is 17.3. The zero-order chi connectivity index (χ0) is 15.5. The van der Waals surface area contributed by atoms with Gasteiger partial charge >= 0.3 is 0 Å². The summed E-state index contributed by atoms with van der Waals surface area (Å²) in [5.41, 5.74) is 1.07. The third-order valence-electron chi connectivity index (χ3n) is 4.64. The normalized spacial score (nSPS) is 25.8. The molecule has 0 radical (unpaired) electrons. The minimum absolute atomic E-state index is 0.00631. The number of carbonyl (C=O) groups excluding carboxylic acids is 1. The van der Waals surface area contributed by atoms with Crippen LogP contribution in [0.25, 0.3) is 0 Å². The molecule has 5 nitrogen and oxygen atoms in total. The van der Waals surface area contributed by atoms with Crippen molar-refractivity contribution >= 4 is 5.91 Å². The van der Waals surface area contributed by atoms with Crippen molar-refractivity contribution < 1.29 is 9.90 Å². The van der Waals surface area contributed by atoms with E-state index < -0.39 is 5.54 Å². The molecule has 0 aliphatic heterocycles. The summed E-state index contributed by atoms with van der Waals surface area (Å²) in [4.78, 5) is 12.6. The van der Waals surface area contributed by atoms with Crippen molar-refractivity contribution in [3.05, 3.63) is 17.5 Å². The fourth-order valence-electron chi connectivity index (χ4n) is 3.01. The highest BCUT2D eigenvalue weighted by Crippen LogP contribution is 2.31. The van der Waals surface area contributed by atoms with E-state index in [9.17, 15) is 9.90 Å². The van der Waals surface area contributed by atoms with Gasteiger partial charge in [-0.15, -0.1) is 0 Å². The van der Waals surface area contributed by atoms with Gasteiger partial charge in [0.15, 0.2) is 0 Å². The van der Waals surface area contributed by atoms with Gasteiger partial charge in [-0.25, -0.2) is 0 Å². The smallest absolute Gasteiger partial charge is 0.270 e. The third kappa shape index (κ3) is 3.46. The molecule has 21 heavy (non-hydrogen) atoms. The van der Waals surface area contributed by atoms with Crippen LogP contribution < -0.4 is 5.32 Å². The van der Waals surface area contributed by atoms with Crippen LogP contribution in [0.2, 0.25) is 0 Å². The lowest BCUT2D eigenvalue weighted by Gasteiger charge is -2.38. The molecule has 1 fully saturated rings. The molecule has 1 aliphatic rings. The number of aliphatic hydroxyl groups is 1. The predicted molar refractivity (Wildman–Crippen MR) is 82.2 cm³/mol. The van der Waals surface area contributed by atoms with Gasteiger partial charge in [-0.1, -0.05) is 13.8 Å². The SMILES string of the molecule is CCc1cc(C(=O)NC2(CO)CCC(C)CC2)n(CC)n1. The topological polar surface area (TPSA) is 67.2 Å². The van der Waals surface area contributed by atoms with Crippen molar-refractivity contribution in [1.82, 2.24) is 15.1 Å². The molecule has 0 bridgehead atoms. The van der Waals surface area contributed by atoms with Crippen LogP contribution in [-0.4, -0.2) is 32.9 Å². The number of nitrogens with zero attached hydrogens (tertiary/aromatic N) is 2. The van der Waals surface area contributed by atoms with E-state index in [1.807, 2.05) is 19.9 Å². The molecule has 2 N–H and O–H groups in total. The Morgan fingerprint density at radius 2 is 2.14 bits per heavy atom. The molecule has 1 saturated carbocycles. The van der Waals surface area contributed by atoms with Gasteiger partial charge in [-0.2, -0.15) is 5.10 Å². The van der Waals surface area contributed by atoms with Gasteiger partial charge in [-0.3, -0.25) is 9.48 Å². The van der Waals surface area contributed by atoms with Crippen LogP contribution >= 0.6 is 0 Å². The van der Waals surface area contributed by atoms with Crippen LogP contribution in [0.4, 0.5) is 0 Å². The number of carbonyl (C=O) groups is 1. The molecular weight excluding hydrogens is 266 g/mol. The first-order chi connectivity index (χ1) is 10.0. The van der Waals surface area contributed by atoms with Gasteiger partial charge < -0.3 is 10.4 Å². The molecule has 0 atom stereocenters. The molecule has 1 amide bonds. The Balaban J connectivity index is 2.14. The lowest BCUT2D eigenvalue weighted by atomic mass is 9.77. The summed E-state index contributed by atoms with van der Waals surface area (Å²) in [7, 11) is 0. The summed E-state index contributed by atoms with van der Waals surface area (Å²) in [6.45, 7) is 6.91. The molecule has 118 valence electrons. The van der Waals surface area contributed by atoms with Crippen molar-refractivity contribution in [2.24, 2.45) is 5.92 Å². The Morgan fingerprint density at radius 1 is 1.48 bits per heavy atom. The number of aromatic nitrogens is 2. The first kappa shape index (κ1) is 16.0. The molecule has 1 heterocycles. The minimum Gasteiger partial charge on any atom is -0.394 e. The predicted octanol–water partition coefficient (Wildman–Crippen LogP) is 2.14. The lowest BCUT2D eigenvalue weighted by Crippen LogP contribution is -2.53. The Kier molecular flexibility index (Phi) is 5.04. The molecule has 2 rings (SSSR count). The number of rotatable bonds is 5. The van der Waals surface area contributed by atoms with E-state index in [4.69, 9.17) is 0 Å². The maximum atomic E-state index is 12.6. The van der Waals surface area contributed by atoms with Crippen molar-refractivity contribution in [1.29, 1.82) is 0 Å². The minimum atomic E-state index is -0.460. The fraction of sp³-hybridized carbons (Fsp3) is 0.750. The zero-order valence-electron chi connectivity index (χ0n) is 13.4. The molecule has 1 aromatic heterocycles. The second-order valence-electron chi connectivity index (χ2n) is 6.27. The summed E-state index contributed by atoms with van der Waals surface area (Å²) >= 11 is 0. The molecule has 1 aromatic rings. The summed E-state index contributed by atoms with van der Waals surface area (Å²) in [6.07, 6.45) is 4.60. The zero-order valence-corrected chi connectivity index (χ0v) is 13.4. The Hall–Kier alpha value is -1.36. The first-order valence-corrected chi connectivity index (χ1v) is 8.03. The van der Waals surface area contributed by atoms with Gasteiger partial charge in [-0.05, 0) is 51.0 Å². The summed E-state index contributed by atoms with van der Waals surface area (Å²) in [5.74, 6) is 0.557. The number of nitrogens with one attached hydrogen (secondary N) is 1. The van der Waals surface area contributed by atoms with Gasteiger partial charge in [0.1, 0.15) is 5.69 Å². The van der Waals surface area contributed by atoms with Crippen LogP contribution in [0, 0.1) is 5.92 Å². The Bertz CT molecular complexity index is 488. The highest BCUT2D eigenvalue weighted by atomic mass is 16.3. The van der Waals surface area contributed by atoms with E-state index in [-0.39, 0.29) is 12.5 Å². The van der Waals surface area contributed by atoms with Crippen LogP contribution in [0.5, 0.6) is 0 Å². The van der Waals surface area contributed by atoms with E-state index in [2.05, 4.69) is 17.3 Å². The second-order valence-corrected chi connectivity index (χ2v) is 6.27. The maximum Gasteiger partial charge on any atom is 0.270 e. The molecule has 0 saturated heterocycles. The molecule has 0 unspecified atom stereocenters. The maximum absolute atomic E-state index is 12.6. The second kappa shape index (κ2) is 6.60. The number of aryl methyl sites for hydroxylation is 2. The van der Waals surface area contributed by atoms with E-state index in [1.165, 1.54) is 0 Å². The van der Waals surface area contributed by atoms with E-state index >= 15 is 0 Å². The van der Waals surface area contributed by atoms with E-state index in [0.717, 1.165) is 37.8 Å². The quantitative estimate of drug-likeness (QED) is 0.874. The standard InChI is InChI=1S/C16H27N3O2/c1-4-13-10-14(19(5-2)18-13)15(21)17-16(11-20)8-6-12(3)7-9-16/h10,12,20H,4-9,11H2,1-3H3,(H,17,21). The van der Waals surface area contributed by atoms with Crippen molar-refractivity contribution in [2.45, 2.75) is 65.0 Å². The van der Waals surface area contributed by atoms with Crippen LogP contribution in [-0.2, 0) is 13.0 Å². The van der Waals surface area contributed by atoms with Gasteiger partial charge in [0.05, 0.1) is 17.8 Å². The number of aliphatic hydroxyl groups excluding tert-OH is 1. The average Bonchev–Trinajstić information content (AvgIpc) is 2.93. The molecule has 0 spiro atoms. The van der Waals surface area contributed by atoms with Gasteiger partial charge in [0.25, 0.3) is 5.91 Å². The van der Waals surface area contributed by atoms with Gasteiger partial charge in [0.2, 0.25) is 0 Å². The first-order valence-electron chi connectivity index (χ1n) is 8.03. The average molecular weight is 293 g/mol. The molecular formula is C16H27N3O2. The molecule has 5 heteroatoms. The third-order valence-corrected chi connectivity index (χ3v) is 4.64. The Labute approximate surface area is 126 Å². The van der Waals surface area contributed by atoms with Crippen LogP contribution in [0.3, 0.4) is 0 Å². The highest BCUT2D eigenvalue weighted by Gasteiger charge is 2.35. The van der Waals surface area contributed by atoms with E-state index in [1.54, 1.807) is 4.68 Å². The number of hydrogen-bond donors (Lipinski definition) is 2. The number of hydrogen-bond acceptors (Lipinski definition) is 3. The van der Waals surface area contributed by atoms with Crippen molar-refractivity contribution in [2.75, 3.05) is 6.61 Å². The monoisotopic (exact) mass is 293 g/mol. The van der Waals surface area contributed by atoms with Gasteiger partial charge in [0, 0.05) is 6.54 Å².